The first kappa shape index (κ1) is 11.9. The molecule has 17 heavy (non-hydrogen) atoms. The van der Waals surface area contributed by atoms with Crippen molar-refractivity contribution >= 4 is 17.4 Å². The lowest BCUT2D eigenvalue weighted by atomic mass is 10.2. The van der Waals surface area contributed by atoms with E-state index in [9.17, 15) is 5.11 Å². The minimum atomic E-state index is 0.334. The van der Waals surface area contributed by atoms with E-state index in [1.54, 1.807) is 17.8 Å². The van der Waals surface area contributed by atoms with E-state index in [4.69, 9.17) is 0 Å². The third-order valence-electron chi connectivity index (χ3n) is 2.56. The molecule has 88 valence electrons. The topological polar surface area (TPSA) is 32.3 Å². The molecule has 0 aliphatic carbocycles. The van der Waals surface area contributed by atoms with Crippen LogP contribution in [0.4, 0.5) is 5.69 Å². The molecule has 0 heterocycles. The van der Waals surface area contributed by atoms with Gasteiger partial charge in [-0.2, -0.15) is 0 Å². The fourth-order valence-electron chi connectivity index (χ4n) is 1.57. The maximum atomic E-state index is 9.63. The molecule has 0 fully saturated rings. The minimum absolute atomic E-state index is 0.334. The number of thioether (sulfide) groups is 1. The Hall–Kier alpha value is -1.61. The molecule has 0 spiro atoms. The zero-order valence-electron chi connectivity index (χ0n) is 9.68. The number of hydrogen-bond donors (Lipinski definition) is 2. The Bertz CT molecular complexity index is 482. The van der Waals surface area contributed by atoms with Gasteiger partial charge in [0, 0.05) is 22.7 Å². The van der Waals surface area contributed by atoms with Gasteiger partial charge in [0.2, 0.25) is 0 Å². The number of phenols is 1. The third-order valence-corrected chi connectivity index (χ3v) is 3.31. The summed E-state index contributed by atoms with van der Waals surface area (Å²) in [5, 5.41) is 12.9. The number of para-hydroxylation sites is 1. The quantitative estimate of drug-likeness (QED) is 0.805. The van der Waals surface area contributed by atoms with Crippen LogP contribution in [0.25, 0.3) is 0 Å². The van der Waals surface area contributed by atoms with Gasteiger partial charge < -0.3 is 10.4 Å². The lowest BCUT2D eigenvalue weighted by Gasteiger charge is -2.08. The van der Waals surface area contributed by atoms with E-state index < -0.39 is 0 Å². The van der Waals surface area contributed by atoms with Crippen LogP contribution >= 0.6 is 11.8 Å². The Morgan fingerprint density at radius 1 is 1.06 bits per heavy atom. The summed E-state index contributed by atoms with van der Waals surface area (Å²) in [6.45, 7) is 0.630. The summed E-state index contributed by atoms with van der Waals surface area (Å²) in [4.78, 5) is 1.25. The van der Waals surface area contributed by atoms with Crippen molar-refractivity contribution in [1.29, 1.82) is 0 Å². The number of benzene rings is 2. The molecule has 2 nitrogen and oxygen atoms in total. The van der Waals surface area contributed by atoms with E-state index in [-0.39, 0.29) is 0 Å². The van der Waals surface area contributed by atoms with Crippen LogP contribution in [0.15, 0.2) is 53.4 Å². The van der Waals surface area contributed by atoms with E-state index >= 15 is 0 Å². The molecular formula is C14H15NOS. The summed E-state index contributed by atoms with van der Waals surface area (Å²) >= 11 is 1.73. The van der Waals surface area contributed by atoms with Crippen LogP contribution in [0, 0.1) is 0 Å². The second-order valence-electron chi connectivity index (χ2n) is 3.71. The van der Waals surface area contributed by atoms with E-state index in [1.165, 1.54) is 4.90 Å². The molecule has 0 aliphatic heterocycles. The van der Waals surface area contributed by atoms with Crippen LogP contribution in [0.5, 0.6) is 5.75 Å². The van der Waals surface area contributed by atoms with Crippen molar-refractivity contribution in [2.45, 2.75) is 11.4 Å². The van der Waals surface area contributed by atoms with Gasteiger partial charge in [0.25, 0.3) is 0 Å². The molecule has 0 unspecified atom stereocenters. The average Bonchev–Trinajstić information content (AvgIpc) is 2.38. The highest BCUT2D eigenvalue weighted by molar-refractivity contribution is 7.98. The first-order chi connectivity index (χ1) is 8.29. The normalized spacial score (nSPS) is 10.2. The summed E-state index contributed by atoms with van der Waals surface area (Å²) in [5.41, 5.74) is 1.97. The molecule has 2 N–H and O–H groups in total. The molecule has 0 atom stereocenters. The summed E-state index contributed by atoms with van der Waals surface area (Å²) in [6, 6.07) is 15.6. The molecular weight excluding hydrogens is 230 g/mol. The molecule has 2 aromatic carbocycles. The second-order valence-corrected chi connectivity index (χ2v) is 4.59. The van der Waals surface area contributed by atoms with E-state index in [2.05, 4.69) is 23.7 Å². The van der Waals surface area contributed by atoms with Crippen molar-refractivity contribution < 1.29 is 5.11 Å². The Morgan fingerprint density at radius 2 is 1.76 bits per heavy atom. The molecule has 0 saturated carbocycles. The smallest absolute Gasteiger partial charge is 0.120 e. The Labute approximate surface area is 106 Å². The molecule has 2 aromatic rings. The molecule has 3 heteroatoms. The van der Waals surface area contributed by atoms with E-state index in [1.807, 2.05) is 30.3 Å². The van der Waals surface area contributed by atoms with Crippen molar-refractivity contribution in [3.63, 3.8) is 0 Å². The fourth-order valence-corrected chi connectivity index (χ4v) is 1.97. The number of anilines is 1. The number of rotatable bonds is 4. The standard InChI is InChI=1S/C14H15NOS/c1-17-13-8-6-12(7-9-13)15-10-11-4-2-3-5-14(11)16/h2-9,15-16H,10H2,1H3. The predicted molar refractivity (Wildman–Crippen MR) is 73.7 cm³/mol. The summed E-state index contributed by atoms with van der Waals surface area (Å²) in [5.74, 6) is 0.334. The molecule has 0 aromatic heterocycles. The second kappa shape index (κ2) is 5.64. The number of nitrogens with one attached hydrogen (secondary N) is 1. The van der Waals surface area contributed by atoms with E-state index in [0.29, 0.717) is 12.3 Å². The molecule has 0 bridgehead atoms. The summed E-state index contributed by atoms with van der Waals surface area (Å²) in [7, 11) is 0. The van der Waals surface area contributed by atoms with Crippen LogP contribution in [0.1, 0.15) is 5.56 Å². The first-order valence-corrected chi connectivity index (χ1v) is 6.67. The Kier molecular flexibility index (Phi) is 3.94. The van der Waals surface area contributed by atoms with Crippen molar-refractivity contribution in [3.05, 3.63) is 54.1 Å². The van der Waals surface area contributed by atoms with Gasteiger partial charge in [0.1, 0.15) is 5.75 Å². The van der Waals surface area contributed by atoms with Crippen LogP contribution in [-0.2, 0) is 6.54 Å². The molecule has 0 aliphatic rings. The number of aromatic hydroxyl groups is 1. The lowest BCUT2D eigenvalue weighted by molar-refractivity contribution is 0.469. The highest BCUT2D eigenvalue weighted by atomic mass is 32.2. The van der Waals surface area contributed by atoms with Gasteiger partial charge in [-0.05, 0) is 36.6 Å². The zero-order chi connectivity index (χ0) is 12.1. The Balaban J connectivity index is 2.00. The van der Waals surface area contributed by atoms with Crippen molar-refractivity contribution in [1.82, 2.24) is 0 Å². The zero-order valence-corrected chi connectivity index (χ0v) is 10.5. The molecule has 0 saturated heterocycles. The number of phenolic OH excluding ortho intramolecular Hbond substituents is 1. The largest absolute Gasteiger partial charge is 0.508 e. The van der Waals surface area contributed by atoms with Crippen LogP contribution in [0.2, 0.25) is 0 Å². The lowest BCUT2D eigenvalue weighted by Crippen LogP contribution is -1.99. The van der Waals surface area contributed by atoms with Gasteiger partial charge in [-0.1, -0.05) is 18.2 Å². The van der Waals surface area contributed by atoms with Crippen molar-refractivity contribution in [2.24, 2.45) is 0 Å². The predicted octanol–water partition coefficient (Wildman–Crippen LogP) is 3.73. The van der Waals surface area contributed by atoms with Gasteiger partial charge in [0.05, 0.1) is 0 Å². The van der Waals surface area contributed by atoms with Crippen molar-refractivity contribution in [3.8, 4) is 5.75 Å². The van der Waals surface area contributed by atoms with Gasteiger partial charge >= 0.3 is 0 Å². The highest BCUT2D eigenvalue weighted by Crippen LogP contribution is 2.20. The van der Waals surface area contributed by atoms with Gasteiger partial charge in [-0.3, -0.25) is 0 Å². The summed E-state index contributed by atoms with van der Waals surface area (Å²) < 4.78 is 0. The molecule has 0 radical (unpaired) electrons. The maximum Gasteiger partial charge on any atom is 0.120 e. The summed E-state index contributed by atoms with van der Waals surface area (Å²) in [6.07, 6.45) is 2.06. The van der Waals surface area contributed by atoms with Crippen LogP contribution in [0.3, 0.4) is 0 Å². The number of hydrogen-bond acceptors (Lipinski definition) is 3. The van der Waals surface area contributed by atoms with Gasteiger partial charge in [-0.25, -0.2) is 0 Å². The third kappa shape index (κ3) is 3.17. The fraction of sp³-hybridized carbons (Fsp3) is 0.143. The monoisotopic (exact) mass is 245 g/mol. The average molecular weight is 245 g/mol. The highest BCUT2D eigenvalue weighted by Gasteiger charge is 1.99. The van der Waals surface area contributed by atoms with Crippen molar-refractivity contribution in [2.75, 3.05) is 11.6 Å². The molecule has 2 rings (SSSR count). The van der Waals surface area contributed by atoms with Crippen LogP contribution < -0.4 is 5.32 Å². The van der Waals surface area contributed by atoms with Gasteiger partial charge in [0.15, 0.2) is 0 Å². The SMILES string of the molecule is CSc1ccc(NCc2ccccc2O)cc1. The Morgan fingerprint density at radius 3 is 2.41 bits per heavy atom. The van der Waals surface area contributed by atoms with E-state index in [0.717, 1.165) is 11.3 Å². The van der Waals surface area contributed by atoms with Gasteiger partial charge in [-0.15, -0.1) is 11.8 Å². The van der Waals surface area contributed by atoms with Crippen LogP contribution in [-0.4, -0.2) is 11.4 Å². The maximum absolute atomic E-state index is 9.63. The molecule has 0 amide bonds. The minimum Gasteiger partial charge on any atom is -0.508 e. The first-order valence-electron chi connectivity index (χ1n) is 5.44.